The van der Waals surface area contributed by atoms with Crippen LogP contribution in [0.1, 0.15) is 24.2 Å². The second-order valence-electron chi connectivity index (χ2n) is 6.87. The first-order chi connectivity index (χ1) is 13.6. The molecule has 3 rings (SSSR count). The van der Waals surface area contributed by atoms with E-state index in [9.17, 15) is 35.0 Å². The molecule has 1 aliphatic heterocycles. The summed E-state index contributed by atoms with van der Waals surface area (Å²) in [6.07, 6.45) is -5.66. The quantitative estimate of drug-likeness (QED) is 0.300. The highest BCUT2D eigenvalue weighted by Gasteiger charge is 2.47. The van der Waals surface area contributed by atoms with Crippen LogP contribution in [-0.4, -0.2) is 57.1 Å². The van der Waals surface area contributed by atoms with E-state index in [1.165, 1.54) is 25.1 Å². The lowest BCUT2D eigenvalue weighted by Gasteiger charge is -2.42. The monoisotopic (exact) mass is 408 g/mol. The third-order valence-corrected chi connectivity index (χ3v) is 4.91. The fourth-order valence-corrected chi connectivity index (χ4v) is 3.58. The molecule has 1 aliphatic rings. The van der Waals surface area contributed by atoms with Crippen molar-refractivity contribution in [3.05, 3.63) is 49.9 Å². The number of hydrogen-bond donors (Lipinski definition) is 4. The maximum Gasteiger partial charge on any atom is 0.336 e. The lowest BCUT2D eigenvalue weighted by atomic mass is 9.87. The van der Waals surface area contributed by atoms with Crippen LogP contribution in [0.5, 0.6) is 0 Å². The number of aliphatic hydroxyl groups is 3. The standard InChI is InChI=1S/C18H20N2O9/c1-7-5-12(23)29-18-9(7)3-4-10(14(18)20(26)27)17-13(19-8(2)22)16(25)15(24)11(6-21)28-17/h3-5,11,13,15-17,21,24-25H,6H2,1-2H3,(H,19,22)/t11-,13+,15-,16-,17+/m1/s1. The van der Waals surface area contributed by atoms with E-state index >= 15 is 0 Å². The van der Waals surface area contributed by atoms with E-state index < -0.39 is 59.2 Å². The molecule has 0 radical (unpaired) electrons. The number of ether oxygens (including phenoxy) is 1. The van der Waals surface area contributed by atoms with E-state index in [2.05, 4.69) is 5.32 Å². The molecule has 1 aromatic carbocycles. The summed E-state index contributed by atoms with van der Waals surface area (Å²) in [5, 5.41) is 44.7. The van der Waals surface area contributed by atoms with Gasteiger partial charge in [0.1, 0.15) is 24.4 Å². The number of carbonyl (C=O) groups is 1. The van der Waals surface area contributed by atoms with Gasteiger partial charge in [-0.1, -0.05) is 6.07 Å². The third kappa shape index (κ3) is 3.72. The summed E-state index contributed by atoms with van der Waals surface area (Å²) < 4.78 is 10.7. The summed E-state index contributed by atoms with van der Waals surface area (Å²) >= 11 is 0. The lowest BCUT2D eigenvalue weighted by Crippen LogP contribution is -2.60. The Morgan fingerprint density at radius 1 is 1.31 bits per heavy atom. The van der Waals surface area contributed by atoms with Crippen molar-refractivity contribution in [2.75, 3.05) is 6.61 Å². The molecule has 0 aliphatic carbocycles. The van der Waals surface area contributed by atoms with Crippen LogP contribution in [0.4, 0.5) is 5.69 Å². The summed E-state index contributed by atoms with van der Waals surface area (Å²) in [7, 11) is 0. The van der Waals surface area contributed by atoms with Gasteiger partial charge in [-0.25, -0.2) is 4.79 Å². The highest BCUT2D eigenvalue weighted by molar-refractivity contribution is 5.89. The highest BCUT2D eigenvalue weighted by atomic mass is 16.6. The molecule has 156 valence electrons. The van der Waals surface area contributed by atoms with Gasteiger partial charge in [-0.15, -0.1) is 0 Å². The number of benzene rings is 1. The Kier molecular flexibility index (Phi) is 5.66. The minimum absolute atomic E-state index is 0.0839. The highest BCUT2D eigenvalue weighted by Crippen LogP contribution is 2.40. The van der Waals surface area contributed by atoms with Crippen LogP contribution in [0.15, 0.2) is 27.4 Å². The van der Waals surface area contributed by atoms with Gasteiger partial charge in [0.05, 0.1) is 23.1 Å². The molecule has 1 saturated heterocycles. The third-order valence-electron chi connectivity index (χ3n) is 4.91. The molecule has 1 amide bonds. The van der Waals surface area contributed by atoms with Crippen molar-refractivity contribution in [2.45, 2.75) is 44.3 Å². The van der Waals surface area contributed by atoms with Crippen molar-refractivity contribution in [3.8, 4) is 0 Å². The summed E-state index contributed by atoms with van der Waals surface area (Å²) in [6, 6.07) is 2.81. The number of rotatable bonds is 4. The van der Waals surface area contributed by atoms with Crippen molar-refractivity contribution >= 4 is 22.6 Å². The molecule has 4 N–H and O–H groups in total. The van der Waals surface area contributed by atoms with Crippen LogP contribution in [-0.2, 0) is 9.53 Å². The molecule has 0 unspecified atom stereocenters. The molecule has 0 saturated carbocycles. The Morgan fingerprint density at radius 2 is 2.00 bits per heavy atom. The zero-order valence-corrected chi connectivity index (χ0v) is 15.6. The van der Waals surface area contributed by atoms with Gasteiger partial charge in [0, 0.05) is 18.4 Å². The molecule has 1 aromatic heterocycles. The molecular weight excluding hydrogens is 388 g/mol. The fraction of sp³-hybridized carbons (Fsp3) is 0.444. The minimum Gasteiger partial charge on any atom is -0.415 e. The van der Waals surface area contributed by atoms with Gasteiger partial charge >= 0.3 is 11.3 Å². The maximum absolute atomic E-state index is 11.9. The van der Waals surface area contributed by atoms with E-state index in [1.54, 1.807) is 6.92 Å². The van der Waals surface area contributed by atoms with Crippen LogP contribution in [0.2, 0.25) is 0 Å². The fourth-order valence-electron chi connectivity index (χ4n) is 3.58. The molecule has 11 nitrogen and oxygen atoms in total. The van der Waals surface area contributed by atoms with Gasteiger partial charge < -0.3 is 29.8 Å². The number of fused-ring (bicyclic) bond motifs is 1. The van der Waals surface area contributed by atoms with Crippen LogP contribution >= 0.6 is 0 Å². The number of aryl methyl sites for hydroxylation is 1. The zero-order chi connectivity index (χ0) is 21.5. The molecule has 0 spiro atoms. The number of hydrogen-bond acceptors (Lipinski definition) is 9. The molecule has 2 heterocycles. The Hall–Kier alpha value is -2.86. The van der Waals surface area contributed by atoms with E-state index in [1.807, 2.05) is 0 Å². The second kappa shape index (κ2) is 7.87. The molecule has 5 atom stereocenters. The number of carbonyl (C=O) groups excluding carboxylic acids is 1. The first-order valence-electron chi connectivity index (χ1n) is 8.77. The van der Waals surface area contributed by atoms with Crippen LogP contribution in [0.3, 0.4) is 0 Å². The zero-order valence-electron chi connectivity index (χ0n) is 15.6. The van der Waals surface area contributed by atoms with Crippen molar-refractivity contribution in [1.29, 1.82) is 0 Å². The number of nitrogens with zero attached hydrogens (tertiary/aromatic N) is 1. The largest absolute Gasteiger partial charge is 0.415 e. The number of nitro benzene ring substituents is 1. The first kappa shape index (κ1) is 20.9. The topological polar surface area (TPSA) is 172 Å². The Morgan fingerprint density at radius 3 is 2.59 bits per heavy atom. The summed E-state index contributed by atoms with van der Waals surface area (Å²) in [5.74, 6) is -0.567. The van der Waals surface area contributed by atoms with Crippen molar-refractivity contribution < 1.29 is 34.2 Å². The van der Waals surface area contributed by atoms with Gasteiger partial charge in [-0.05, 0) is 18.6 Å². The number of aliphatic hydroxyl groups excluding tert-OH is 3. The molecule has 29 heavy (non-hydrogen) atoms. The van der Waals surface area contributed by atoms with Crippen LogP contribution in [0.25, 0.3) is 11.0 Å². The predicted molar refractivity (Wildman–Crippen MR) is 98.2 cm³/mol. The summed E-state index contributed by atoms with van der Waals surface area (Å²) in [4.78, 5) is 34.5. The van der Waals surface area contributed by atoms with E-state index in [0.717, 1.165) is 0 Å². The minimum atomic E-state index is -1.57. The first-order valence-corrected chi connectivity index (χ1v) is 8.77. The van der Waals surface area contributed by atoms with Gasteiger partial charge in [0.25, 0.3) is 0 Å². The van der Waals surface area contributed by atoms with Crippen LogP contribution in [0, 0.1) is 17.0 Å². The molecular formula is C18H20N2O9. The van der Waals surface area contributed by atoms with E-state index in [4.69, 9.17) is 9.15 Å². The van der Waals surface area contributed by atoms with Gasteiger partial charge in [-0.3, -0.25) is 14.9 Å². The number of nitro groups is 1. The Bertz CT molecular complexity index is 1020. The predicted octanol–water partition coefficient (Wildman–Crippen LogP) is -0.332. The van der Waals surface area contributed by atoms with E-state index in [-0.39, 0.29) is 11.1 Å². The van der Waals surface area contributed by atoms with Gasteiger partial charge in [0.15, 0.2) is 0 Å². The van der Waals surface area contributed by atoms with Gasteiger partial charge in [0.2, 0.25) is 11.5 Å². The molecule has 0 bridgehead atoms. The maximum atomic E-state index is 11.9. The van der Waals surface area contributed by atoms with Crippen molar-refractivity contribution in [3.63, 3.8) is 0 Å². The second-order valence-corrected chi connectivity index (χ2v) is 6.87. The average Bonchev–Trinajstić information content (AvgIpc) is 2.64. The normalized spacial score (nSPS) is 27.0. The van der Waals surface area contributed by atoms with Gasteiger partial charge in [-0.2, -0.15) is 0 Å². The Balaban J connectivity index is 2.25. The van der Waals surface area contributed by atoms with Crippen molar-refractivity contribution in [2.24, 2.45) is 0 Å². The Labute approximate surface area is 163 Å². The molecule has 11 heteroatoms. The SMILES string of the molecule is CC(=O)N[C@H]1[C@@H](O)[C@H](O)[C@@H](CO)O[C@H]1c1ccc2c(C)cc(=O)oc2c1[N+](=O)[O-]. The molecule has 2 aromatic rings. The van der Waals surface area contributed by atoms with Crippen molar-refractivity contribution in [1.82, 2.24) is 5.32 Å². The number of nitrogens with one attached hydrogen (secondary N) is 1. The summed E-state index contributed by atoms with van der Waals surface area (Å²) in [5.41, 5.74) is -1.23. The lowest BCUT2D eigenvalue weighted by molar-refractivity contribution is -0.385. The molecule has 1 fully saturated rings. The van der Waals surface area contributed by atoms with E-state index in [0.29, 0.717) is 10.9 Å². The van der Waals surface area contributed by atoms with Crippen LogP contribution < -0.4 is 10.9 Å². The summed E-state index contributed by atoms with van der Waals surface area (Å²) in [6.45, 7) is 2.10. The number of amides is 1. The average molecular weight is 408 g/mol. The smallest absolute Gasteiger partial charge is 0.336 e.